The van der Waals surface area contributed by atoms with Crippen LogP contribution in [0.5, 0.6) is 11.5 Å². The van der Waals surface area contributed by atoms with Crippen LogP contribution in [0.1, 0.15) is 11.1 Å². The average Bonchev–Trinajstić information content (AvgIpc) is 2.51. The van der Waals surface area contributed by atoms with Crippen molar-refractivity contribution in [2.75, 3.05) is 14.2 Å². The fourth-order valence-corrected chi connectivity index (χ4v) is 4.96. The lowest BCUT2D eigenvalue weighted by molar-refractivity contribution is 0.239. The van der Waals surface area contributed by atoms with Crippen LogP contribution in [0.3, 0.4) is 0 Å². The Morgan fingerprint density at radius 3 is 1.48 bits per heavy atom. The minimum absolute atomic E-state index is 0.237. The Hall–Kier alpha value is -1.82. The van der Waals surface area contributed by atoms with Crippen LogP contribution in [0.25, 0.3) is 0 Å². The molecule has 4 nitrogen and oxygen atoms in total. The average molecular weight is 304 g/mol. The highest BCUT2D eigenvalue weighted by Crippen LogP contribution is 2.27. The Bertz CT molecular complexity index is 547. The maximum Gasteiger partial charge on any atom is 0.346 e. The lowest BCUT2D eigenvalue weighted by atomic mass is 10.2. The first kappa shape index (κ1) is 15.6. The molecule has 21 heavy (non-hydrogen) atoms. The minimum Gasteiger partial charge on any atom is -0.508 e. The number of phenolic OH excluding ortho intramolecular Hbond substituents is 2. The lowest BCUT2D eigenvalue weighted by Gasteiger charge is -2.28. The van der Waals surface area contributed by atoms with Gasteiger partial charge in [-0.2, -0.15) is 0 Å². The standard InChI is InChI=1S/C16H20O4Si/c1-19-21(20-2,11-13-7-3-5-9-15(13)17)12-14-8-4-6-10-16(14)18/h3-10,17-18H,11-12H2,1-2H3. The molecule has 0 aliphatic rings. The SMILES string of the molecule is CO[Si](Cc1ccccc1O)(Cc1ccccc1O)OC. The van der Waals surface area contributed by atoms with Gasteiger partial charge >= 0.3 is 8.56 Å². The van der Waals surface area contributed by atoms with E-state index in [4.69, 9.17) is 8.85 Å². The van der Waals surface area contributed by atoms with Crippen LogP contribution in [0.2, 0.25) is 0 Å². The smallest absolute Gasteiger partial charge is 0.346 e. The predicted molar refractivity (Wildman–Crippen MR) is 83.4 cm³/mol. The minimum atomic E-state index is -2.61. The van der Waals surface area contributed by atoms with Gasteiger partial charge in [0.1, 0.15) is 11.5 Å². The van der Waals surface area contributed by atoms with Crippen molar-refractivity contribution >= 4 is 8.56 Å². The third-order valence-corrected chi connectivity index (χ3v) is 6.97. The van der Waals surface area contributed by atoms with Crippen LogP contribution < -0.4 is 0 Å². The molecule has 0 heterocycles. The summed E-state index contributed by atoms with van der Waals surface area (Å²) in [4.78, 5) is 0. The normalized spacial score (nSPS) is 11.5. The molecule has 5 heteroatoms. The highest BCUT2D eigenvalue weighted by Gasteiger charge is 2.37. The number of phenols is 2. The Kier molecular flexibility index (Phi) is 5.01. The van der Waals surface area contributed by atoms with Crippen molar-refractivity contribution in [2.45, 2.75) is 12.1 Å². The van der Waals surface area contributed by atoms with Gasteiger partial charge in [0.25, 0.3) is 0 Å². The Labute approximate surface area is 125 Å². The van der Waals surface area contributed by atoms with E-state index in [9.17, 15) is 10.2 Å². The third kappa shape index (κ3) is 3.63. The number of hydrogen-bond acceptors (Lipinski definition) is 4. The van der Waals surface area contributed by atoms with Crippen molar-refractivity contribution in [1.29, 1.82) is 0 Å². The second-order valence-electron chi connectivity index (χ2n) is 4.93. The van der Waals surface area contributed by atoms with Crippen LogP contribution in [0.4, 0.5) is 0 Å². The van der Waals surface area contributed by atoms with E-state index in [0.717, 1.165) is 11.1 Å². The molecule has 2 rings (SSSR count). The number of benzene rings is 2. The summed E-state index contributed by atoms with van der Waals surface area (Å²) in [5, 5.41) is 19.9. The van der Waals surface area contributed by atoms with E-state index in [-0.39, 0.29) is 11.5 Å². The molecule has 0 aliphatic heterocycles. The number of hydrogen-bond donors (Lipinski definition) is 2. The predicted octanol–water partition coefficient (Wildman–Crippen LogP) is 2.70. The van der Waals surface area contributed by atoms with Crippen LogP contribution in [-0.2, 0) is 20.9 Å². The maximum absolute atomic E-state index is 9.95. The topological polar surface area (TPSA) is 58.9 Å². The Morgan fingerprint density at radius 2 is 1.14 bits per heavy atom. The molecule has 2 aromatic rings. The third-order valence-electron chi connectivity index (χ3n) is 3.65. The second-order valence-corrected chi connectivity index (χ2v) is 8.27. The van der Waals surface area contributed by atoms with Gasteiger partial charge in [-0.3, -0.25) is 0 Å². The maximum atomic E-state index is 9.95. The molecule has 0 unspecified atom stereocenters. The molecule has 0 aliphatic carbocycles. The van der Waals surface area contributed by atoms with E-state index >= 15 is 0 Å². The van der Waals surface area contributed by atoms with E-state index in [2.05, 4.69) is 0 Å². The van der Waals surface area contributed by atoms with Crippen molar-refractivity contribution in [3.63, 3.8) is 0 Å². The van der Waals surface area contributed by atoms with Crippen molar-refractivity contribution < 1.29 is 19.1 Å². The van der Waals surface area contributed by atoms with E-state index in [1.165, 1.54) is 0 Å². The number of para-hydroxylation sites is 2. The molecule has 0 amide bonds. The Morgan fingerprint density at radius 1 is 0.762 bits per heavy atom. The summed E-state index contributed by atoms with van der Waals surface area (Å²) in [5.74, 6) is 0.474. The van der Waals surface area contributed by atoms with E-state index in [0.29, 0.717) is 12.1 Å². The van der Waals surface area contributed by atoms with E-state index < -0.39 is 8.56 Å². The fourth-order valence-electron chi connectivity index (χ4n) is 2.34. The van der Waals surface area contributed by atoms with Gasteiger partial charge in [-0.25, -0.2) is 0 Å². The monoisotopic (exact) mass is 304 g/mol. The first-order valence-corrected chi connectivity index (χ1v) is 8.97. The number of rotatable bonds is 6. The van der Waals surface area contributed by atoms with Crippen molar-refractivity contribution in [1.82, 2.24) is 0 Å². The van der Waals surface area contributed by atoms with Gasteiger partial charge in [0, 0.05) is 26.3 Å². The molecule has 0 spiro atoms. The van der Waals surface area contributed by atoms with Gasteiger partial charge in [0.15, 0.2) is 0 Å². The molecular weight excluding hydrogens is 284 g/mol. The molecule has 0 bridgehead atoms. The van der Waals surface area contributed by atoms with Gasteiger partial charge in [-0.05, 0) is 23.3 Å². The molecule has 0 fully saturated rings. The van der Waals surface area contributed by atoms with Crippen molar-refractivity contribution in [3.05, 3.63) is 59.7 Å². The van der Waals surface area contributed by atoms with Gasteiger partial charge in [0.05, 0.1) is 0 Å². The zero-order valence-corrected chi connectivity index (χ0v) is 13.2. The zero-order chi connectivity index (χ0) is 15.3. The molecule has 0 aromatic heterocycles. The lowest BCUT2D eigenvalue weighted by Crippen LogP contribution is -2.46. The molecular formula is C16H20O4Si. The quantitative estimate of drug-likeness (QED) is 0.806. The fraction of sp³-hybridized carbons (Fsp3) is 0.250. The molecule has 0 atom stereocenters. The highest BCUT2D eigenvalue weighted by atomic mass is 28.4. The van der Waals surface area contributed by atoms with Crippen molar-refractivity contribution in [3.8, 4) is 11.5 Å². The van der Waals surface area contributed by atoms with Crippen LogP contribution >= 0.6 is 0 Å². The first-order valence-electron chi connectivity index (χ1n) is 6.74. The molecule has 0 saturated carbocycles. The van der Waals surface area contributed by atoms with E-state index in [1.54, 1.807) is 38.5 Å². The summed E-state index contributed by atoms with van der Waals surface area (Å²) in [6.07, 6.45) is 0. The van der Waals surface area contributed by atoms with Crippen molar-refractivity contribution in [2.24, 2.45) is 0 Å². The summed E-state index contributed by atoms with van der Waals surface area (Å²) in [7, 11) is 0.634. The summed E-state index contributed by atoms with van der Waals surface area (Å²) in [6.45, 7) is 0. The van der Waals surface area contributed by atoms with Gasteiger partial charge in [-0.15, -0.1) is 0 Å². The molecule has 2 aromatic carbocycles. The van der Waals surface area contributed by atoms with Gasteiger partial charge in [-0.1, -0.05) is 36.4 Å². The van der Waals surface area contributed by atoms with Crippen LogP contribution in [0, 0.1) is 0 Å². The largest absolute Gasteiger partial charge is 0.508 e. The summed E-state index contributed by atoms with van der Waals surface area (Å²) in [5.41, 5.74) is 1.59. The summed E-state index contributed by atoms with van der Waals surface area (Å²) >= 11 is 0. The number of aromatic hydroxyl groups is 2. The second kappa shape index (κ2) is 6.75. The van der Waals surface area contributed by atoms with Crippen LogP contribution in [0.15, 0.2) is 48.5 Å². The first-order chi connectivity index (χ1) is 10.1. The van der Waals surface area contributed by atoms with Crippen LogP contribution in [-0.4, -0.2) is 33.0 Å². The molecule has 2 N–H and O–H groups in total. The molecule has 0 radical (unpaired) electrons. The van der Waals surface area contributed by atoms with Gasteiger partial charge in [0.2, 0.25) is 0 Å². The molecule has 112 valence electrons. The van der Waals surface area contributed by atoms with E-state index in [1.807, 2.05) is 24.3 Å². The summed E-state index contributed by atoms with van der Waals surface area (Å²) < 4.78 is 11.4. The Balaban J connectivity index is 2.28. The highest BCUT2D eigenvalue weighted by molar-refractivity contribution is 6.66. The summed E-state index contributed by atoms with van der Waals surface area (Å²) in [6, 6.07) is 15.4. The van der Waals surface area contributed by atoms with Gasteiger partial charge < -0.3 is 19.1 Å². The molecule has 0 saturated heterocycles. The zero-order valence-electron chi connectivity index (χ0n) is 12.2.